The van der Waals surface area contributed by atoms with Gasteiger partial charge in [-0.05, 0) is 24.3 Å². The Hall–Kier alpha value is -2.70. The van der Waals surface area contributed by atoms with Gasteiger partial charge < -0.3 is 10.1 Å². The zero-order valence-electron chi connectivity index (χ0n) is 11.9. The van der Waals surface area contributed by atoms with Gasteiger partial charge in [0.25, 0.3) is 0 Å². The molecule has 1 aliphatic rings. The topological polar surface area (TPSA) is 41.6 Å². The van der Waals surface area contributed by atoms with Crippen LogP contribution in [0.15, 0.2) is 54.6 Å². The molecule has 0 radical (unpaired) electrons. The Morgan fingerprint density at radius 1 is 1.09 bits per heavy atom. The molecule has 3 rings (SSSR count). The third-order valence-electron chi connectivity index (χ3n) is 3.45. The van der Waals surface area contributed by atoms with Crippen molar-refractivity contribution in [2.45, 2.75) is 12.2 Å². The van der Waals surface area contributed by atoms with Crippen LogP contribution < -0.4 is 15.0 Å². The van der Waals surface area contributed by atoms with Crippen LogP contribution in [-0.2, 0) is 0 Å². The number of alkyl halides is 3. The zero-order valence-corrected chi connectivity index (χ0v) is 11.9. The summed E-state index contributed by atoms with van der Waals surface area (Å²) in [5, 5.41) is 2.41. The molecular formula is C16H13F3N2O2. The average Bonchev–Trinajstić information content (AvgIpc) is 2.54. The first-order valence-corrected chi connectivity index (χ1v) is 6.92. The molecule has 0 fully saturated rings. The largest absolute Gasteiger partial charge is 0.419 e. The average molecular weight is 322 g/mol. The molecular weight excluding hydrogens is 309 g/mol. The highest BCUT2D eigenvalue weighted by molar-refractivity contribution is 5.94. The molecule has 0 aliphatic carbocycles. The van der Waals surface area contributed by atoms with E-state index < -0.39 is 24.9 Å². The van der Waals surface area contributed by atoms with Crippen LogP contribution in [0.25, 0.3) is 0 Å². The summed E-state index contributed by atoms with van der Waals surface area (Å²) >= 11 is 0. The predicted molar refractivity (Wildman–Crippen MR) is 79.7 cm³/mol. The lowest BCUT2D eigenvalue weighted by Gasteiger charge is -2.35. The molecule has 4 nitrogen and oxygen atoms in total. The molecule has 1 amide bonds. The van der Waals surface area contributed by atoms with Crippen LogP contribution in [-0.4, -0.2) is 24.9 Å². The van der Waals surface area contributed by atoms with Gasteiger partial charge in [0.2, 0.25) is 0 Å². The van der Waals surface area contributed by atoms with Crippen LogP contribution in [0, 0.1) is 0 Å². The summed E-state index contributed by atoms with van der Waals surface area (Å²) in [6, 6.07) is 12.7. The number of anilines is 2. The smallest absolute Gasteiger partial charge is 0.410 e. The van der Waals surface area contributed by atoms with Crippen molar-refractivity contribution < 1.29 is 22.7 Å². The maximum absolute atomic E-state index is 13.1. The van der Waals surface area contributed by atoms with Crippen molar-refractivity contribution in [1.82, 2.24) is 0 Å². The second kappa shape index (κ2) is 5.83. The molecule has 0 spiro atoms. The Bertz CT molecular complexity index is 704. The van der Waals surface area contributed by atoms with Gasteiger partial charge in [0.1, 0.15) is 11.8 Å². The first kappa shape index (κ1) is 15.2. The molecule has 7 heteroatoms. The van der Waals surface area contributed by atoms with E-state index in [-0.39, 0.29) is 11.4 Å². The van der Waals surface area contributed by atoms with E-state index in [1.807, 2.05) is 0 Å². The van der Waals surface area contributed by atoms with Gasteiger partial charge in [-0.25, -0.2) is 4.79 Å². The SMILES string of the molecule is O=C(Oc1ccccc1)N1CC(C(F)(F)F)Nc2ccccc21. The normalized spacial score (nSPS) is 17.2. The van der Waals surface area contributed by atoms with Crippen LogP contribution >= 0.6 is 0 Å². The summed E-state index contributed by atoms with van der Waals surface area (Å²) in [5.74, 6) is 0.275. The van der Waals surface area contributed by atoms with Crippen molar-refractivity contribution in [1.29, 1.82) is 0 Å². The fourth-order valence-corrected chi connectivity index (χ4v) is 2.35. The van der Waals surface area contributed by atoms with Crippen molar-refractivity contribution >= 4 is 17.5 Å². The zero-order chi connectivity index (χ0) is 16.4. The molecule has 1 atom stereocenters. The van der Waals surface area contributed by atoms with E-state index >= 15 is 0 Å². The lowest BCUT2D eigenvalue weighted by atomic mass is 10.1. The summed E-state index contributed by atoms with van der Waals surface area (Å²) in [4.78, 5) is 13.3. The molecule has 1 aliphatic heterocycles. The maximum Gasteiger partial charge on any atom is 0.419 e. The number of para-hydroxylation sites is 3. The van der Waals surface area contributed by atoms with E-state index in [1.54, 1.807) is 48.5 Å². The number of fused-ring (bicyclic) bond motifs is 1. The summed E-state index contributed by atoms with van der Waals surface area (Å²) in [5.41, 5.74) is 0.597. The summed E-state index contributed by atoms with van der Waals surface area (Å²) in [6.07, 6.45) is -5.32. The van der Waals surface area contributed by atoms with Crippen molar-refractivity contribution in [3.8, 4) is 5.75 Å². The number of carbonyl (C=O) groups excluding carboxylic acids is 1. The molecule has 0 aromatic heterocycles. The van der Waals surface area contributed by atoms with Crippen LogP contribution in [0.5, 0.6) is 5.75 Å². The Labute approximate surface area is 130 Å². The highest BCUT2D eigenvalue weighted by atomic mass is 19.4. The Morgan fingerprint density at radius 2 is 1.74 bits per heavy atom. The molecule has 0 saturated carbocycles. The third kappa shape index (κ3) is 3.23. The number of carbonyl (C=O) groups is 1. The highest BCUT2D eigenvalue weighted by Gasteiger charge is 2.45. The van der Waals surface area contributed by atoms with Gasteiger partial charge in [0.15, 0.2) is 0 Å². The number of halogens is 3. The Kier molecular flexibility index (Phi) is 3.85. The van der Waals surface area contributed by atoms with Crippen molar-refractivity contribution in [2.75, 3.05) is 16.8 Å². The Balaban J connectivity index is 1.89. The second-order valence-corrected chi connectivity index (χ2v) is 5.05. The van der Waals surface area contributed by atoms with E-state index in [1.165, 1.54) is 6.07 Å². The van der Waals surface area contributed by atoms with Gasteiger partial charge >= 0.3 is 12.3 Å². The van der Waals surface area contributed by atoms with Crippen LogP contribution in [0.3, 0.4) is 0 Å². The minimum absolute atomic E-state index is 0.242. The van der Waals surface area contributed by atoms with Gasteiger partial charge in [-0.2, -0.15) is 13.2 Å². The van der Waals surface area contributed by atoms with Crippen LogP contribution in [0.4, 0.5) is 29.3 Å². The van der Waals surface area contributed by atoms with Gasteiger partial charge in [-0.1, -0.05) is 30.3 Å². The van der Waals surface area contributed by atoms with Gasteiger partial charge in [-0.3, -0.25) is 4.90 Å². The molecule has 120 valence electrons. The molecule has 1 heterocycles. The van der Waals surface area contributed by atoms with E-state index in [0.29, 0.717) is 5.69 Å². The fourth-order valence-electron chi connectivity index (χ4n) is 2.35. The van der Waals surface area contributed by atoms with E-state index in [4.69, 9.17) is 4.74 Å². The third-order valence-corrected chi connectivity index (χ3v) is 3.45. The molecule has 1 N–H and O–H groups in total. The van der Waals surface area contributed by atoms with Crippen molar-refractivity contribution in [2.24, 2.45) is 0 Å². The summed E-state index contributed by atoms with van der Waals surface area (Å²) < 4.78 is 44.3. The highest BCUT2D eigenvalue weighted by Crippen LogP contribution is 2.35. The standard InChI is InChI=1S/C16H13F3N2O2/c17-16(18,19)14-10-21(13-9-5-4-8-12(13)20-14)15(22)23-11-6-2-1-3-7-11/h1-9,14,20H,10H2. The number of amides is 1. The number of rotatable bonds is 1. The monoisotopic (exact) mass is 322 g/mol. The molecule has 23 heavy (non-hydrogen) atoms. The van der Waals surface area contributed by atoms with Crippen molar-refractivity contribution in [3.63, 3.8) is 0 Å². The quantitative estimate of drug-likeness (QED) is 0.861. The minimum Gasteiger partial charge on any atom is -0.410 e. The number of hydrogen-bond acceptors (Lipinski definition) is 3. The lowest BCUT2D eigenvalue weighted by molar-refractivity contribution is -0.140. The summed E-state index contributed by atoms with van der Waals surface area (Å²) in [7, 11) is 0. The summed E-state index contributed by atoms with van der Waals surface area (Å²) in [6.45, 7) is -0.549. The first-order chi connectivity index (χ1) is 10.9. The number of benzene rings is 2. The van der Waals surface area contributed by atoms with E-state index in [2.05, 4.69) is 5.32 Å². The predicted octanol–water partition coefficient (Wildman–Crippen LogP) is 4.05. The molecule has 0 saturated heterocycles. The van der Waals surface area contributed by atoms with Crippen molar-refractivity contribution in [3.05, 3.63) is 54.6 Å². The van der Waals surface area contributed by atoms with E-state index in [0.717, 1.165) is 4.90 Å². The first-order valence-electron chi connectivity index (χ1n) is 6.92. The number of hydrogen-bond donors (Lipinski definition) is 1. The van der Waals surface area contributed by atoms with E-state index in [9.17, 15) is 18.0 Å². The Morgan fingerprint density at radius 3 is 2.43 bits per heavy atom. The molecule has 1 unspecified atom stereocenters. The maximum atomic E-state index is 13.1. The molecule has 2 aromatic rings. The van der Waals surface area contributed by atoms with Gasteiger partial charge in [0.05, 0.1) is 17.9 Å². The molecule has 2 aromatic carbocycles. The van der Waals surface area contributed by atoms with Gasteiger partial charge in [-0.15, -0.1) is 0 Å². The van der Waals surface area contributed by atoms with Crippen LogP contribution in [0.1, 0.15) is 0 Å². The number of nitrogens with zero attached hydrogens (tertiary/aromatic N) is 1. The van der Waals surface area contributed by atoms with Gasteiger partial charge in [0, 0.05) is 0 Å². The fraction of sp³-hybridized carbons (Fsp3) is 0.188. The molecule has 0 bridgehead atoms. The minimum atomic E-state index is -4.47. The lowest BCUT2D eigenvalue weighted by Crippen LogP contribution is -2.52. The number of nitrogens with one attached hydrogen (secondary N) is 1. The second-order valence-electron chi connectivity index (χ2n) is 5.05. The van der Waals surface area contributed by atoms with Crippen LogP contribution in [0.2, 0.25) is 0 Å². The number of ether oxygens (including phenoxy) is 1.